The molecule has 1 amide bonds. The van der Waals surface area contributed by atoms with E-state index < -0.39 is 0 Å². The molecule has 0 aliphatic heterocycles. The number of amides is 1. The SMILES string of the molecule is Cc1cc(N)cc(C(=O)Nc2ccc(Cl)cc2I)c1. The predicted octanol–water partition coefficient (Wildman–Crippen LogP) is 4.09. The first-order valence-electron chi connectivity index (χ1n) is 5.59. The molecule has 5 heteroatoms. The summed E-state index contributed by atoms with van der Waals surface area (Å²) in [7, 11) is 0. The van der Waals surface area contributed by atoms with Gasteiger partial charge in [-0.1, -0.05) is 11.6 Å². The molecule has 0 aliphatic rings. The van der Waals surface area contributed by atoms with Gasteiger partial charge in [-0.05, 0) is 71.5 Å². The van der Waals surface area contributed by atoms with Crippen LogP contribution in [0.3, 0.4) is 0 Å². The summed E-state index contributed by atoms with van der Waals surface area (Å²) < 4.78 is 0.888. The van der Waals surface area contributed by atoms with E-state index in [4.69, 9.17) is 17.3 Å². The van der Waals surface area contributed by atoms with Gasteiger partial charge >= 0.3 is 0 Å². The largest absolute Gasteiger partial charge is 0.399 e. The van der Waals surface area contributed by atoms with Crippen molar-refractivity contribution in [2.75, 3.05) is 11.1 Å². The van der Waals surface area contributed by atoms with E-state index in [0.29, 0.717) is 16.3 Å². The molecular weight excluding hydrogens is 375 g/mol. The smallest absolute Gasteiger partial charge is 0.255 e. The molecule has 0 heterocycles. The highest BCUT2D eigenvalue weighted by molar-refractivity contribution is 14.1. The first-order valence-corrected chi connectivity index (χ1v) is 7.05. The molecule has 0 aromatic heterocycles. The summed E-state index contributed by atoms with van der Waals surface area (Å²) in [5.41, 5.74) is 8.55. The van der Waals surface area contributed by atoms with Crippen LogP contribution in [0.2, 0.25) is 5.02 Å². The van der Waals surface area contributed by atoms with E-state index in [1.807, 2.05) is 13.0 Å². The summed E-state index contributed by atoms with van der Waals surface area (Å²) in [6.45, 7) is 1.90. The minimum absolute atomic E-state index is 0.185. The van der Waals surface area contributed by atoms with Crippen molar-refractivity contribution in [2.45, 2.75) is 6.92 Å². The third-order valence-corrected chi connectivity index (χ3v) is 3.67. The minimum atomic E-state index is -0.185. The first-order chi connectivity index (χ1) is 8.95. The van der Waals surface area contributed by atoms with Gasteiger partial charge in [0.1, 0.15) is 0 Å². The Bertz CT molecular complexity index is 623. The van der Waals surface area contributed by atoms with Crippen molar-refractivity contribution in [1.82, 2.24) is 0 Å². The molecular formula is C14H12ClIN2O. The molecule has 0 unspecified atom stereocenters. The molecule has 0 saturated heterocycles. The number of halogens is 2. The molecule has 2 aromatic carbocycles. The molecule has 0 saturated carbocycles. The fraction of sp³-hybridized carbons (Fsp3) is 0.0714. The van der Waals surface area contributed by atoms with E-state index >= 15 is 0 Å². The third-order valence-electron chi connectivity index (χ3n) is 2.54. The number of anilines is 2. The number of hydrogen-bond donors (Lipinski definition) is 2. The number of hydrogen-bond acceptors (Lipinski definition) is 2. The molecule has 3 nitrogen and oxygen atoms in total. The fourth-order valence-corrected chi connectivity index (χ4v) is 2.74. The van der Waals surface area contributed by atoms with Crippen LogP contribution >= 0.6 is 34.2 Å². The molecule has 0 aliphatic carbocycles. The summed E-state index contributed by atoms with van der Waals surface area (Å²) in [5, 5.41) is 3.49. The van der Waals surface area contributed by atoms with E-state index in [9.17, 15) is 4.79 Å². The van der Waals surface area contributed by atoms with E-state index in [-0.39, 0.29) is 5.91 Å². The van der Waals surface area contributed by atoms with Crippen LogP contribution in [-0.4, -0.2) is 5.91 Å². The lowest BCUT2D eigenvalue weighted by atomic mass is 10.1. The van der Waals surface area contributed by atoms with Crippen molar-refractivity contribution in [2.24, 2.45) is 0 Å². The molecule has 2 aromatic rings. The van der Waals surface area contributed by atoms with Crippen LogP contribution in [0.5, 0.6) is 0 Å². The average Bonchev–Trinajstić information content (AvgIpc) is 2.31. The number of benzene rings is 2. The summed E-state index contributed by atoms with van der Waals surface area (Å²) in [5.74, 6) is -0.185. The highest BCUT2D eigenvalue weighted by Crippen LogP contribution is 2.23. The second-order valence-corrected chi connectivity index (χ2v) is 5.81. The summed E-state index contributed by atoms with van der Waals surface area (Å²) >= 11 is 8.01. The van der Waals surface area contributed by atoms with Gasteiger partial charge in [0, 0.05) is 19.8 Å². The summed E-state index contributed by atoms with van der Waals surface area (Å²) in [4.78, 5) is 12.2. The van der Waals surface area contributed by atoms with E-state index in [0.717, 1.165) is 14.8 Å². The van der Waals surface area contributed by atoms with Crippen LogP contribution in [0.1, 0.15) is 15.9 Å². The van der Waals surface area contributed by atoms with Crippen molar-refractivity contribution in [3.63, 3.8) is 0 Å². The molecule has 3 N–H and O–H groups in total. The molecule has 0 atom stereocenters. The van der Waals surface area contributed by atoms with Crippen LogP contribution in [0, 0.1) is 10.5 Å². The third kappa shape index (κ3) is 3.61. The normalized spacial score (nSPS) is 10.3. The number of aryl methyl sites for hydroxylation is 1. The van der Waals surface area contributed by atoms with Crippen molar-refractivity contribution < 1.29 is 4.79 Å². The lowest BCUT2D eigenvalue weighted by molar-refractivity contribution is 0.102. The fourth-order valence-electron chi connectivity index (χ4n) is 1.73. The van der Waals surface area contributed by atoms with Gasteiger partial charge in [-0.2, -0.15) is 0 Å². The maximum Gasteiger partial charge on any atom is 0.255 e. The molecule has 2 rings (SSSR count). The number of carbonyl (C=O) groups excluding carboxylic acids is 1. The number of carbonyl (C=O) groups is 1. The Morgan fingerprint density at radius 1 is 1.26 bits per heavy atom. The van der Waals surface area contributed by atoms with Gasteiger partial charge in [0.25, 0.3) is 5.91 Å². The van der Waals surface area contributed by atoms with Gasteiger partial charge in [0.05, 0.1) is 5.69 Å². The average molecular weight is 387 g/mol. The Morgan fingerprint density at radius 3 is 2.63 bits per heavy atom. The van der Waals surface area contributed by atoms with Gasteiger partial charge in [0.2, 0.25) is 0 Å². The quantitative estimate of drug-likeness (QED) is 0.603. The molecule has 98 valence electrons. The zero-order valence-electron chi connectivity index (χ0n) is 10.2. The maximum absolute atomic E-state index is 12.2. The van der Waals surface area contributed by atoms with Gasteiger partial charge in [-0.15, -0.1) is 0 Å². The van der Waals surface area contributed by atoms with Crippen molar-refractivity contribution >= 4 is 51.5 Å². The first kappa shape index (κ1) is 14.1. The van der Waals surface area contributed by atoms with Gasteiger partial charge in [-0.25, -0.2) is 0 Å². The number of nitrogen functional groups attached to an aromatic ring is 1. The molecule has 0 radical (unpaired) electrons. The second-order valence-electron chi connectivity index (χ2n) is 4.21. The molecule has 0 fully saturated rings. The van der Waals surface area contributed by atoms with E-state index in [2.05, 4.69) is 27.9 Å². The van der Waals surface area contributed by atoms with Crippen LogP contribution in [-0.2, 0) is 0 Å². The van der Waals surface area contributed by atoms with Crippen LogP contribution in [0.4, 0.5) is 11.4 Å². The highest BCUT2D eigenvalue weighted by Gasteiger charge is 2.09. The lowest BCUT2D eigenvalue weighted by Crippen LogP contribution is -2.13. The summed E-state index contributed by atoms with van der Waals surface area (Å²) in [6, 6.07) is 10.6. The molecule has 0 spiro atoms. The van der Waals surface area contributed by atoms with Crippen LogP contribution in [0.25, 0.3) is 0 Å². The number of nitrogens with one attached hydrogen (secondary N) is 1. The van der Waals surface area contributed by atoms with Gasteiger partial charge in [0.15, 0.2) is 0 Å². The monoisotopic (exact) mass is 386 g/mol. The summed E-state index contributed by atoms with van der Waals surface area (Å²) in [6.07, 6.45) is 0. The van der Waals surface area contributed by atoms with Crippen LogP contribution < -0.4 is 11.1 Å². The zero-order valence-corrected chi connectivity index (χ0v) is 13.1. The predicted molar refractivity (Wildman–Crippen MR) is 87.7 cm³/mol. The second kappa shape index (κ2) is 5.79. The number of rotatable bonds is 2. The Labute approximate surface area is 130 Å². The Kier molecular flexibility index (Phi) is 4.31. The van der Waals surface area contributed by atoms with E-state index in [1.54, 1.807) is 30.3 Å². The molecule has 19 heavy (non-hydrogen) atoms. The Morgan fingerprint density at radius 2 is 2.00 bits per heavy atom. The minimum Gasteiger partial charge on any atom is -0.399 e. The van der Waals surface area contributed by atoms with E-state index in [1.165, 1.54) is 0 Å². The molecule has 0 bridgehead atoms. The number of nitrogens with two attached hydrogens (primary N) is 1. The standard InChI is InChI=1S/C14H12ClIN2O/c1-8-4-9(6-11(17)5-8)14(19)18-13-3-2-10(15)7-12(13)16/h2-7H,17H2,1H3,(H,18,19). The van der Waals surface area contributed by atoms with Crippen molar-refractivity contribution in [3.05, 3.63) is 56.1 Å². The topological polar surface area (TPSA) is 55.1 Å². The van der Waals surface area contributed by atoms with Crippen LogP contribution in [0.15, 0.2) is 36.4 Å². The van der Waals surface area contributed by atoms with Crippen molar-refractivity contribution in [1.29, 1.82) is 0 Å². The van der Waals surface area contributed by atoms with Gasteiger partial charge < -0.3 is 11.1 Å². The lowest BCUT2D eigenvalue weighted by Gasteiger charge is -2.09. The Hall–Kier alpha value is -1.27. The van der Waals surface area contributed by atoms with Gasteiger partial charge in [-0.3, -0.25) is 4.79 Å². The zero-order chi connectivity index (χ0) is 14.0. The maximum atomic E-state index is 12.2. The Balaban J connectivity index is 2.25. The van der Waals surface area contributed by atoms with Crippen molar-refractivity contribution in [3.8, 4) is 0 Å². The highest BCUT2D eigenvalue weighted by atomic mass is 127.